The number of nitrogens with one attached hydrogen (secondary N) is 1. The molecule has 10 heavy (non-hydrogen) atoms. The maximum Gasteiger partial charge on any atom is 0.0638 e. The molecule has 54 valence electrons. The van der Waals surface area contributed by atoms with Gasteiger partial charge in [-0.25, -0.2) is 0 Å². The molecule has 0 unspecified atom stereocenters. The van der Waals surface area contributed by atoms with E-state index in [1.807, 2.05) is 0 Å². The second-order valence-corrected chi connectivity index (χ2v) is 2.40. The van der Waals surface area contributed by atoms with Gasteiger partial charge >= 0.3 is 0 Å². The number of nitrogen functional groups attached to an aromatic ring is 2. The van der Waals surface area contributed by atoms with Gasteiger partial charge in [0.05, 0.1) is 5.69 Å². The van der Waals surface area contributed by atoms with Gasteiger partial charge in [-0.1, -0.05) is 0 Å². The lowest BCUT2D eigenvalue weighted by molar-refractivity contribution is 1.30. The Morgan fingerprint density at radius 1 is 1.40 bits per heavy atom. The maximum atomic E-state index is 5.47. The van der Waals surface area contributed by atoms with E-state index in [1.165, 1.54) is 0 Å². The molecule has 5 N–H and O–H groups in total. The predicted molar refractivity (Wildman–Crippen MR) is 45.9 cm³/mol. The summed E-state index contributed by atoms with van der Waals surface area (Å²) in [7, 11) is 0. The van der Waals surface area contributed by atoms with Crippen molar-refractivity contribution in [2.75, 3.05) is 11.2 Å². The summed E-state index contributed by atoms with van der Waals surface area (Å²) in [6.45, 7) is 0. The number of nitrogens with two attached hydrogens (primary N) is 2. The molecule has 0 amide bonds. The molecule has 0 saturated carbocycles. The summed E-state index contributed by atoms with van der Waals surface area (Å²) >= 11 is 4.13. The normalized spacial score (nSPS) is 9.40. The van der Waals surface area contributed by atoms with Crippen LogP contribution in [0.3, 0.4) is 0 Å². The summed E-state index contributed by atoms with van der Waals surface area (Å²) in [5.74, 6) is 5.17. The third-order valence-corrected chi connectivity index (χ3v) is 1.57. The Labute approximate surface area is 64.8 Å². The van der Waals surface area contributed by atoms with Crippen LogP contribution in [0.1, 0.15) is 0 Å². The fraction of sp³-hybridized carbons (Fsp3) is 0. The van der Waals surface area contributed by atoms with E-state index < -0.39 is 0 Å². The summed E-state index contributed by atoms with van der Waals surface area (Å²) < 4.78 is 0. The molecule has 0 saturated heterocycles. The van der Waals surface area contributed by atoms with Crippen molar-refractivity contribution in [3.8, 4) is 0 Å². The second-order valence-electron chi connectivity index (χ2n) is 1.92. The first kappa shape index (κ1) is 7.24. The highest BCUT2D eigenvalue weighted by molar-refractivity contribution is 7.80. The van der Waals surface area contributed by atoms with E-state index in [0.717, 1.165) is 10.6 Å². The van der Waals surface area contributed by atoms with Crippen LogP contribution >= 0.6 is 12.6 Å². The number of anilines is 2. The largest absolute Gasteiger partial charge is 0.399 e. The van der Waals surface area contributed by atoms with Gasteiger partial charge in [0, 0.05) is 10.6 Å². The molecule has 0 aliphatic rings. The number of hydrazine groups is 1. The lowest BCUT2D eigenvalue weighted by Crippen LogP contribution is -2.07. The Morgan fingerprint density at radius 3 is 2.60 bits per heavy atom. The topological polar surface area (TPSA) is 64.1 Å². The van der Waals surface area contributed by atoms with Crippen molar-refractivity contribution >= 4 is 24.0 Å². The van der Waals surface area contributed by atoms with E-state index in [0.29, 0.717) is 5.69 Å². The molecule has 0 heterocycles. The van der Waals surface area contributed by atoms with Crippen molar-refractivity contribution in [2.45, 2.75) is 4.90 Å². The van der Waals surface area contributed by atoms with Gasteiger partial charge in [0.1, 0.15) is 0 Å². The van der Waals surface area contributed by atoms with Crippen molar-refractivity contribution < 1.29 is 0 Å². The van der Waals surface area contributed by atoms with Crippen molar-refractivity contribution in [3.63, 3.8) is 0 Å². The molecule has 1 aromatic carbocycles. The molecule has 0 aromatic heterocycles. The van der Waals surface area contributed by atoms with E-state index in [2.05, 4.69) is 18.1 Å². The molecular formula is C6H9N3S. The molecule has 0 aliphatic heterocycles. The van der Waals surface area contributed by atoms with Crippen LogP contribution < -0.4 is 17.0 Å². The fourth-order valence-electron chi connectivity index (χ4n) is 0.669. The summed E-state index contributed by atoms with van der Waals surface area (Å²) in [4.78, 5) is 0.789. The zero-order valence-electron chi connectivity index (χ0n) is 5.33. The SMILES string of the molecule is NNc1cc(N)ccc1S. The van der Waals surface area contributed by atoms with Crippen molar-refractivity contribution in [1.29, 1.82) is 0 Å². The Morgan fingerprint density at radius 2 is 2.10 bits per heavy atom. The molecule has 0 atom stereocenters. The first-order valence-corrected chi connectivity index (χ1v) is 3.24. The molecule has 0 spiro atoms. The minimum atomic E-state index is 0.672. The van der Waals surface area contributed by atoms with Crippen LogP contribution in [0.5, 0.6) is 0 Å². The van der Waals surface area contributed by atoms with Crippen molar-refractivity contribution in [2.24, 2.45) is 5.84 Å². The van der Waals surface area contributed by atoms with Gasteiger partial charge in [0.25, 0.3) is 0 Å². The van der Waals surface area contributed by atoms with Crippen LogP contribution in [-0.2, 0) is 0 Å². The first-order valence-electron chi connectivity index (χ1n) is 2.79. The molecule has 1 aromatic rings. The van der Waals surface area contributed by atoms with Crippen LogP contribution in [0.15, 0.2) is 23.1 Å². The van der Waals surface area contributed by atoms with E-state index in [9.17, 15) is 0 Å². The standard InChI is InChI=1S/C6H9N3S/c7-4-1-2-6(10)5(3-4)9-8/h1-3,9-10H,7-8H2. The zero-order chi connectivity index (χ0) is 7.56. The van der Waals surface area contributed by atoms with E-state index >= 15 is 0 Å². The smallest absolute Gasteiger partial charge is 0.0638 e. The van der Waals surface area contributed by atoms with Gasteiger partial charge in [-0.3, -0.25) is 5.84 Å². The molecule has 0 fully saturated rings. The highest BCUT2D eigenvalue weighted by atomic mass is 32.1. The number of hydrogen-bond acceptors (Lipinski definition) is 4. The quantitative estimate of drug-likeness (QED) is 0.210. The molecule has 3 nitrogen and oxygen atoms in total. The van der Waals surface area contributed by atoms with Gasteiger partial charge < -0.3 is 11.2 Å². The molecular weight excluding hydrogens is 146 g/mol. The highest BCUT2D eigenvalue weighted by Crippen LogP contribution is 2.20. The minimum Gasteiger partial charge on any atom is -0.399 e. The predicted octanol–water partition coefficient (Wildman–Crippen LogP) is 0.843. The maximum absolute atomic E-state index is 5.47. The summed E-state index contributed by atoms with van der Waals surface area (Å²) in [6.07, 6.45) is 0. The van der Waals surface area contributed by atoms with E-state index in [4.69, 9.17) is 11.6 Å². The van der Waals surface area contributed by atoms with Gasteiger partial charge in [-0.05, 0) is 18.2 Å². The molecule has 4 heteroatoms. The average Bonchev–Trinajstić information content (AvgIpc) is 1.94. The molecule has 0 radical (unpaired) electrons. The highest BCUT2D eigenvalue weighted by Gasteiger charge is 1.94. The number of rotatable bonds is 1. The van der Waals surface area contributed by atoms with Crippen LogP contribution in [0.4, 0.5) is 11.4 Å². The zero-order valence-corrected chi connectivity index (χ0v) is 6.23. The van der Waals surface area contributed by atoms with Crippen LogP contribution in [0.25, 0.3) is 0 Å². The minimum absolute atomic E-state index is 0.672. The van der Waals surface area contributed by atoms with E-state index in [1.54, 1.807) is 18.2 Å². The third kappa shape index (κ3) is 1.34. The van der Waals surface area contributed by atoms with Crippen LogP contribution in [0.2, 0.25) is 0 Å². The molecule has 1 rings (SSSR count). The van der Waals surface area contributed by atoms with Gasteiger partial charge in [-0.2, -0.15) is 0 Å². The molecule has 0 aliphatic carbocycles. The van der Waals surface area contributed by atoms with Gasteiger partial charge in [0.15, 0.2) is 0 Å². The summed E-state index contributed by atoms with van der Waals surface area (Å²) in [6, 6.07) is 5.28. The average molecular weight is 155 g/mol. The Bertz CT molecular complexity index is 236. The Balaban J connectivity index is 3.09. The molecule has 0 bridgehead atoms. The fourth-order valence-corrected chi connectivity index (χ4v) is 0.873. The van der Waals surface area contributed by atoms with Crippen molar-refractivity contribution in [1.82, 2.24) is 0 Å². The Hall–Kier alpha value is -0.870. The van der Waals surface area contributed by atoms with Gasteiger partial charge in [-0.15, -0.1) is 12.6 Å². The first-order chi connectivity index (χ1) is 4.74. The van der Waals surface area contributed by atoms with Gasteiger partial charge in [0.2, 0.25) is 0 Å². The number of thiol groups is 1. The summed E-state index contributed by atoms with van der Waals surface area (Å²) in [5.41, 5.74) is 9.36. The number of benzene rings is 1. The third-order valence-electron chi connectivity index (χ3n) is 1.18. The van der Waals surface area contributed by atoms with Crippen LogP contribution in [-0.4, -0.2) is 0 Å². The lowest BCUT2D eigenvalue weighted by Gasteiger charge is -2.03. The monoisotopic (exact) mass is 155 g/mol. The number of hydrogen-bond donors (Lipinski definition) is 4. The van der Waals surface area contributed by atoms with Crippen LogP contribution in [0, 0.1) is 0 Å². The van der Waals surface area contributed by atoms with E-state index in [-0.39, 0.29) is 0 Å². The second kappa shape index (κ2) is 2.81. The summed E-state index contributed by atoms with van der Waals surface area (Å²) in [5, 5.41) is 0. The lowest BCUT2D eigenvalue weighted by atomic mass is 10.3. The Kier molecular flexibility index (Phi) is 2.03. The van der Waals surface area contributed by atoms with Crippen molar-refractivity contribution in [3.05, 3.63) is 18.2 Å².